The molecule has 4 nitrogen and oxygen atoms in total. The normalized spacial score (nSPS) is 11.2. The smallest absolute Gasteiger partial charge is 0.182 e. The summed E-state index contributed by atoms with van der Waals surface area (Å²) in [5.74, 6) is 0.467. The second-order valence-electron chi connectivity index (χ2n) is 4.86. The second-order valence-corrected chi connectivity index (χ2v) is 6.58. The molecule has 0 saturated carbocycles. The summed E-state index contributed by atoms with van der Waals surface area (Å²) in [5.41, 5.74) is 2.58. The molecular formula is C14H13FN4S3. The van der Waals surface area contributed by atoms with Crippen LogP contribution in [0.2, 0.25) is 0 Å². The predicted octanol–water partition coefficient (Wildman–Crippen LogP) is 4.13. The largest absolute Gasteiger partial charge is 0.329 e. The maximum atomic E-state index is 12.9. The van der Waals surface area contributed by atoms with Crippen molar-refractivity contribution in [1.29, 1.82) is 0 Å². The van der Waals surface area contributed by atoms with Crippen molar-refractivity contribution in [3.8, 4) is 0 Å². The number of fused-ring (bicyclic) bond motifs is 1. The minimum absolute atomic E-state index is 0.231. The van der Waals surface area contributed by atoms with Crippen molar-refractivity contribution in [2.45, 2.75) is 10.9 Å². The van der Waals surface area contributed by atoms with Crippen LogP contribution in [0.5, 0.6) is 0 Å². The van der Waals surface area contributed by atoms with Crippen molar-refractivity contribution < 1.29 is 4.39 Å². The lowest BCUT2D eigenvalue weighted by atomic mass is 10.2. The van der Waals surface area contributed by atoms with Gasteiger partial charge >= 0.3 is 0 Å². The first kappa shape index (κ1) is 15.4. The first-order chi connectivity index (χ1) is 10.5. The number of aromatic amines is 1. The van der Waals surface area contributed by atoms with E-state index >= 15 is 0 Å². The molecule has 0 radical (unpaired) electrons. The fourth-order valence-corrected chi connectivity index (χ4v) is 3.39. The summed E-state index contributed by atoms with van der Waals surface area (Å²) in [4.78, 5) is 7.80. The van der Waals surface area contributed by atoms with Crippen LogP contribution in [-0.2, 0) is 19.8 Å². The number of nitrogens with one attached hydrogen (secondary N) is 1. The number of thioether (sulfide) groups is 1. The molecule has 0 atom stereocenters. The minimum atomic E-state index is -0.231. The number of aryl methyl sites for hydroxylation is 1. The predicted molar refractivity (Wildman–Crippen MR) is 91.7 cm³/mol. The quantitative estimate of drug-likeness (QED) is 0.568. The number of hydrogen-bond acceptors (Lipinski definition) is 4. The maximum absolute atomic E-state index is 12.9. The van der Waals surface area contributed by atoms with Gasteiger partial charge in [0.05, 0.1) is 0 Å². The number of aromatic nitrogens is 4. The highest BCUT2D eigenvalue weighted by Gasteiger charge is 2.10. The standard InChI is InChI=1S/C14H13FN4S3/c1-18-11-10(12(20)19(2)14(18)21)16-13(17-11)22-7-8-3-5-9(15)6-4-8/h3-6H,7H2,1-2H3,(H,16,17). The Bertz CT molecular complexity index is 953. The molecule has 1 aromatic carbocycles. The van der Waals surface area contributed by atoms with Crippen LogP contribution in [0.25, 0.3) is 11.2 Å². The molecule has 0 spiro atoms. The van der Waals surface area contributed by atoms with E-state index in [2.05, 4.69) is 9.97 Å². The zero-order chi connectivity index (χ0) is 15.9. The third-order valence-electron chi connectivity index (χ3n) is 3.36. The van der Waals surface area contributed by atoms with E-state index in [1.54, 1.807) is 28.5 Å². The summed E-state index contributed by atoms with van der Waals surface area (Å²) < 4.78 is 17.8. The number of rotatable bonds is 3. The van der Waals surface area contributed by atoms with Crippen LogP contribution in [0.1, 0.15) is 5.56 Å². The van der Waals surface area contributed by atoms with E-state index in [-0.39, 0.29) is 5.82 Å². The first-order valence-corrected chi connectivity index (χ1v) is 8.30. The van der Waals surface area contributed by atoms with Crippen LogP contribution in [0, 0.1) is 15.2 Å². The molecular weight excluding hydrogens is 339 g/mol. The Balaban J connectivity index is 1.94. The average molecular weight is 352 g/mol. The van der Waals surface area contributed by atoms with Gasteiger partial charge in [0.2, 0.25) is 0 Å². The highest BCUT2D eigenvalue weighted by atomic mass is 32.2. The van der Waals surface area contributed by atoms with E-state index in [9.17, 15) is 4.39 Å². The first-order valence-electron chi connectivity index (χ1n) is 6.50. The number of H-pyrrole nitrogens is 1. The number of nitrogens with zero attached hydrogens (tertiary/aromatic N) is 3. The zero-order valence-electron chi connectivity index (χ0n) is 12.0. The molecule has 114 valence electrons. The molecule has 2 aromatic heterocycles. The third kappa shape index (κ3) is 2.73. The van der Waals surface area contributed by atoms with Crippen molar-refractivity contribution in [2.24, 2.45) is 14.1 Å². The van der Waals surface area contributed by atoms with Crippen molar-refractivity contribution >= 4 is 47.4 Å². The van der Waals surface area contributed by atoms with Gasteiger partial charge in [-0.2, -0.15) is 0 Å². The summed E-state index contributed by atoms with van der Waals surface area (Å²) in [6, 6.07) is 6.45. The van der Waals surface area contributed by atoms with Crippen LogP contribution >= 0.6 is 36.2 Å². The van der Waals surface area contributed by atoms with Gasteiger partial charge in [0.15, 0.2) is 15.6 Å². The van der Waals surface area contributed by atoms with Crippen molar-refractivity contribution in [1.82, 2.24) is 19.1 Å². The highest BCUT2D eigenvalue weighted by molar-refractivity contribution is 7.98. The molecule has 0 unspecified atom stereocenters. The maximum Gasteiger partial charge on any atom is 0.182 e. The van der Waals surface area contributed by atoms with E-state index < -0.39 is 0 Å². The van der Waals surface area contributed by atoms with Gasteiger partial charge < -0.3 is 14.1 Å². The Morgan fingerprint density at radius 2 is 1.86 bits per heavy atom. The van der Waals surface area contributed by atoms with E-state index in [1.165, 1.54) is 12.1 Å². The van der Waals surface area contributed by atoms with E-state index in [0.717, 1.165) is 21.9 Å². The monoisotopic (exact) mass is 352 g/mol. The lowest BCUT2D eigenvalue weighted by molar-refractivity contribution is 0.627. The Morgan fingerprint density at radius 3 is 2.55 bits per heavy atom. The number of benzene rings is 1. The molecule has 22 heavy (non-hydrogen) atoms. The Labute approximate surface area is 141 Å². The van der Waals surface area contributed by atoms with Crippen LogP contribution in [-0.4, -0.2) is 19.1 Å². The van der Waals surface area contributed by atoms with Gasteiger partial charge in [0, 0.05) is 19.8 Å². The molecule has 0 bridgehead atoms. The van der Waals surface area contributed by atoms with E-state index in [1.807, 2.05) is 18.7 Å². The summed E-state index contributed by atoms with van der Waals surface area (Å²) in [7, 11) is 3.71. The van der Waals surface area contributed by atoms with Crippen LogP contribution in [0.3, 0.4) is 0 Å². The lowest BCUT2D eigenvalue weighted by Crippen LogP contribution is -2.05. The van der Waals surface area contributed by atoms with Crippen LogP contribution in [0.4, 0.5) is 4.39 Å². The second kappa shape index (κ2) is 5.94. The Kier molecular flexibility index (Phi) is 4.16. The number of hydrogen-bond donors (Lipinski definition) is 1. The molecule has 0 saturated heterocycles. The molecule has 0 aliphatic carbocycles. The molecule has 8 heteroatoms. The van der Waals surface area contributed by atoms with Gasteiger partial charge in [-0.15, -0.1) is 0 Å². The Hall–Kier alpha value is -1.51. The molecule has 0 aliphatic heterocycles. The third-order valence-corrected chi connectivity index (χ3v) is 5.33. The molecule has 0 amide bonds. The number of imidazole rings is 1. The summed E-state index contributed by atoms with van der Waals surface area (Å²) in [6.45, 7) is 0. The van der Waals surface area contributed by atoms with Gasteiger partial charge in [-0.05, 0) is 29.9 Å². The molecule has 1 N–H and O–H groups in total. The van der Waals surface area contributed by atoms with E-state index in [0.29, 0.717) is 15.2 Å². The zero-order valence-corrected chi connectivity index (χ0v) is 14.4. The van der Waals surface area contributed by atoms with Crippen molar-refractivity contribution in [3.63, 3.8) is 0 Å². The molecule has 0 aliphatic rings. The van der Waals surface area contributed by atoms with Crippen molar-refractivity contribution in [3.05, 3.63) is 45.1 Å². The topological polar surface area (TPSA) is 38.5 Å². The summed E-state index contributed by atoms with van der Waals surface area (Å²) in [5, 5.41) is 0.765. The SMILES string of the molecule is Cn1c(=S)c2[nH]c(SCc3ccc(F)cc3)nc2n(C)c1=S. The average Bonchev–Trinajstić information content (AvgIpc) is 2.95. The number of halogens is 1. The van der Waals surface area contributed by atoms with Crippen molar-refractivity contribution in [2.75, 3.05) is 0 Å². The fraction of sp³-hybridized carbons (Fsp3) is 0.214. The molecule has 2 heterocycles. The van der Waals surface area contributed by atoms with Gasteiger partial charge in [-0.25, -0.2) is 9.37 Å². The summed E-state index contributed by atoms with van der Waals surface area (Å²) in [6.07, 6.45) is 0. The fourth-order valence-electron chi connectivity index (χ4n) is 2.11. The highest BCUT2D eigenvalue weighted by Crippen LogP contribution is 2.23. The van der Waals surface area contributed by atoms with E-state index in [4.69, 9.17) is 24.4 Å². The Morgan fingerprint density at radius 1 is 1.18 bits per heavy atom. The van der Waals surface area contributed by atoms with Gasteiger partial charge in [-0.3, -0.25) is 0 Å². The summed E-state index contributed by atoms with van der Waals surface area (Å²) >= 11 is 12.3. The van der Waals surface area contributed by atoms with Crippen LogP contribution < -0.4 is 0 Å². The minimum Gasteiger partial charge on any atom is -0.329 e. The van der Waals surface area contributed by atoms with Gasteiger partial charge in [-0.1, -0.05) is 36.1 Å². The van der Waals surface area contributed by atoms with Gasteiger partial charge in [0.25, 0.3) is 0 Å². The lowest BCUT2D eigenvalue weighted by Gasteiger charge is -2.05. The van der Waals surface area contributed by atoms with Crippen LogP contribution in [0.15, 0.2) is 29.4 Å². The molecule has 3 rings (SSSR count). The van der Waals surface area contributed by atoms with Gasteiger partial charge in [0.1, 0.15) is 16.0 Å². The molecule has 3 aromatic rings. The molecule has 0 fully saturated rings.